The lowest BCUT2D eigenvalue weighted by atomic mass is 10.3. The number of nitrogens with two attached hydrogens (primary N) is 1. The second kappa shape index (κ2) is 5.03. The van der Waals surface area contributed by atoms with Crippen molar-refractivity contribution >= 4 is 27.4 Å². The summed E-state index contributed by atoms with van der Waals surface area (Å²) in [7, 11) is 0. The van der Waals surface area contributed by atoms with Gasteiger partial charge in [-0.1, -0.05) is 0 Å². The molecule has 0 aliphatic heterocycles. The van der Waals surface area contributed by atoms with Crippen LogP contribution in [0.4, 0.5) is 11.5 Å². The van der Waals surface area contributed by atoms with Gasteiger partial charge in [0.15, 0.2) is 0 Å². The Labute approximate surface area is 102 Å². The number of pyridine rings is 1. The highest BCUT2D eigenvalue weighted by Crippen LogP contribution is 2.19. The summed E-state index contributed by atoms with van der Waals surface area (Å²) in [6, 6.07) is 5.64. The van der Waals surface area contributed by atoms with Crippen molar-refractivity contribution in [1.82, 2.24) is 4.98 Å². The smallest absolute Gasteiger partial charge is 0.149 e. The van der Waals surface area contributed by atoms with Crippen molar-refractivity contribution in [2.24, 2.45) is 0 Å². The van der Waals surface area contributed by atoms with Crippen molar-refractivity contribution in [2.45, 2.75) is 6.42 Å². The van der Waals surface area contributed by atoms with Gasteiger partial charge < -0.3 is 15.5 Å². The number of hydrogen-bond donors (Lipinski definition) is 2. The van der Waals surface area contributed by atoms with Gasteiger partial charge in [-0.3, -0.25) is 0 Å². The average molecular weight is 282 g/mol. The molecule has 2 rings (SSSR count). The average Bonchev–Trinajstić information content (AvgIpc) is 2.74. The van der Waals surface area contributed by atoms with Crippen molar-refractivity contribution in [3.63, 3.8) is 0 Å². The molecule has 2 aromatic heterocycles. The molecule has 0 atom stereocenters. The van der Waals surface area contributed by atoms with Gasteiger partial charge in [-0.25, -0.2) is 4.98 Å². The lowest BCUT2D eigenvalue weighted by Gasteiger charge is -2.07. The van der Waals surface area contributed by atoms with E-state index in [0.29, 0.717) is 11.5 Å². The van der Waals surface area contributed by atoms with Crippen LogP contribution in [0, 0.1) is 0 Å². The first-order valence-corrected chi connectivity index (χ1v) is 5.72. The number of rotatable bonds is 4. The molecule has 0 aliphatic rings. The number of nitrogen functional groups attached to an aromatic ring is 1. The van der Waals surface area contributed by atoms with Gasteiger partial charge in [-0.2, -0.15) is 0 Å². The Morgan fingerprint density at radius 2 is 2.38 bits per heavy atom. The molecule has 0 spiro atoms. The molecule has 0 saturated heterocycles. The van der Waals surface area contributed by atoms with Crippen LogP contribution < -0.4 is 11.1 Å². The Hall–Kier alpha value is -1.49. The van der Waals surface area contributed by atoms with E-state index in [-0.39, 0.29) is 0 Å². The monoisotopic (exact) mass is 281 g/mol. The number of hydrogen-bond acceptors (Lipinski definition) is 4. The lowest BCUT2D eigenvalue weighted by molar-refractivity contribution is 0.513. The SMILES string of the molecule is Nc1cc(Br)cnc1NCCc1ccco1. The molecule has 16 heavy (non-hydrogen) atoms. The molecule has 0 unspecified atom stereocenters. The molecular weight excluding hydrogens is 270 g/mol. The molecule has 2 heterocycles. The minimum absolute atomic E-state index is 0.633. The Kier molecular flexibility index (Phi) is 3.46. The van der Waals surface area contributed by atoms with Crippen LogP contribution in [0.25, 0.3) is 0 Å². The van der Waals surface area contributed by atoms with Crippen LogP contribution in [0.2, 0.25) is 0 Å². The number of nitrogens with one attached hydrogen (secondary N) is 1. The maximum atomic E-state index is 5.80. The van der Waals surface area contributed by atoms with Gasteiger partial charge in [0.2, 0.25) is 0 Å². The molecule has 2 aromatic rings. The zero-order valence-corrected chi connectivity index (χ0v) is 10.2. The van der Waals surface area contributed by atoms with E-state index in [1.807, 2.05) is 18.2 Å². The van der Waals surface area contributed by atoms with E-state index in [2.05, 4.69) is 26.2 Å². The molecule has 0 amide bonds. The maximum absolute atomic E-state index is 5.80. The van der Waals surface area contributed by atoms with Crippen LogP contribution in [0.15, 0.2) is 39.5 Å². The van der Waals surface area contributed by atoms with E-state index in [9.17, 15) is 0 Å². The molecule has 0 aliphatic carbocycles. The Balaban J connectivity index is 1.90. The van der Waals surface area contributed by atoms with E-state index in [0.717, 1.165) is 23.2 Å². The summed E-state index contributed by atoms with van der Waals surface area (Å²) in [4.78, 5) is 4.18. The molecule has 4 nitrogen and oxygen atoms in total. The fourth-order valence-electron chi connectivity index (χ4n) is 1.36. The van der Waals surface area contributed by atoms with Crippen LogP contribution >= 0.6 is 15.9 Å². The number of aromatic nitrogens is 1. The number of halogens is 1. The number of nitrogens with zero attached hydrogens (tertiary/aromatic N) is 1. The molecule has 3 N–H and O–H groups in total. The predicted molar refractivity (Wildman–Crippen MR) is 67.3 cm³/mol. The van der Waals surface area contributed by atoms with Crippen molar-refractivity contribution < 1.29 is 4.42 Å². The van der Waals surface area contributed by atoms with Crippen LogP contribution in [-0.4, -0.2) is 11.5 Å². The van der Waals surface area contributed by atoms with E-state index >= 15 is 0 Å². The summed E-state index contributed by atoms with van der Waals surface area (Å²) < 4.78 is 6.10. The van der Waals surface area contributed by atoms with Crippen molar-refractivity contribution in [3.8, 4) is 0 Å². The first kappa shape index (κ1) is 11.0. The molecule has 0 saturated carbocycles. The lowest BCUT2D eigenvalue weighted by Crippen LogP contribution is -2.08. The first-order valence-electron chi connectivity index (χ1n) is 4.93. The standard InChI is InChI=1S/C11H12BrN3O/c12-8-6-10(13)11(15-7-8)14-4-3-9-2-1-5-16-9/h1-2,5-7H,3-4,13H2,(H,14,15). The van der Waals surface area contributed by atoms with Crippen LogP contribution in [0.5, 0.6) is 0 Å². The maximum Gasteiger partial charge on any atom is 0.149 e. The Morgan fingerprint density at radius 3 is 3.06 bits per heavy atom. The fourth-order valence-corrected chi connectivity index (χ4v) is 1.71. The molecule has 0 fully saturated rings. The normalized spacial score (nSPS) is 10.3. The van der Waals surface area contributed by atoms with Gasteiger partial charge in [0.1, 0.15) is 11.6 Å². The van der Waals surface area contributed by atoms with Crippen molar-refractivity contribution in [2.75, 3.05) is 17.6 Å². The summed E-state index contributed by atoms with van der Waals surface area (Å²) in [5.41, 5.74) is 6.44. The molecule has 0 aromatic carbocycles. The minimum Gasteiger partial charge on any atom is -0.469 e. The van der Waals surface area contributed by atoms with Gasteiger partial charge in [0, 0.05) is 23.6 Å². The van der Waals surface area contributed by atoms with E-state index < -0.39 is 0 Å². The van der Waals surface area contributed by atoms with Gasteiger partial charge in [-0.15, -0.1) is 0 Å². The van der Waals surface area contributed by atoms with Crippen LogP contribution in [0.1, 0.15) is 5.76 Å². The molecule has 0 radical (unpaired) electrons. The Morgan fingerprint density at radius 1 is 1.50 bits per heavy atom. The van der Waals surface area contributed by atoms with Crippen LogP contribution in [0.3, 0.4) is 0 Å². The number of anilines is 2. The van der Waals surface area contributed by atoms with Crippen molar-refractivity contribution in [1.29, 1.82) is 0 Å². The third kappa shape index (κ3) is 2.76. The second-order valence-electron chi connectivity index (χ2n) is 3.35. The topological polar surface area (TPSA) is 64.1 Å². The summed E-state index contributed by atoms with van der Waals surface area (Å²) in [5.74, 6) is 1.65. The molecule has 84 valence electrons. The van der Waals surface area contributed by atoms with Gasteiger partial charge in [-0.05, 0) is 34.1 Å². The number of furan rings is 1. The third-order valence-electron chi connectivity index (χ3n) is 2.13. The zero-order chi connectivity index (χ0) is 11.4. The minimum atomic E-state index is 0.633. The van der Waals surface area contributed by atoms with E-state index in [1.54, 1.807) is 12.5 Å². The largest absolute Gasteiger partial charge is 0.469 e. The zero-order valence-electron chi connectivity index (χ0n) is 8.61. The quantitative estimate of drug-likeness (QED) is 0.905. The molecule has 5 heteroatoms. The van der Waals surface area contributed by atoms with E-state index in [4.69, 9.17) is 10.2 Å². The summed E-state index contributed by atoms with van der Waals surface area (Å²) in [6.45, 7) is 0.742. The van der Waals surface area contributed by atoms with Crippen LogP contribution in [-0.2, 0) is 6.42 Å². The summed E-state index contributed by atoms with van der Waals surface area (Å²) >= 11 is 3.31. The van der Waals surface area contributed by atoms with Gasteiger partial charge >= 0.3 is 0 Å². The fraction of sp³-hybridized carbons (Fsp3) is 0.182. The highest BCUT2D eigenvalue weighted by molar-refractivity contribution is 9.10. The van der Waals surface area contributed by atoms with Gasteiger partial charge in [0.25, 0.3) is 0 Å². The summed E-state index contributed by atoms with van der Waals surface area (Å²) in [6.07, 6.45) is 4.19. The second-order valence-corrected chi connectivity index (χ2v) is 4.26. The molecular formula is C11H12BrN3O. The highest BCUT2D eigenvalue weighted by atomic mass is 79.9. The summed E-state index contributed by atoms with van der Waals surface area (Å²) in [5, 5.41) is 3.16. The van der Waals surface area contributed by atoms with Crippen molar-refractivity contribution in [3.05, 3.63) is 40.9 Å². The molecule has 0 bridgehead atoms. The third-order valence-corrected chi connectivity index (χ3v) is 2.56. The Bertz CT molecular complexity index is 456. The predicted octanol–water partition coefficient (Wildman–Crippen LogP) is 2.67. The highest BCUT2D eigenvalue weighted by Gasteiger charge is 2.01. The van der Waals surface area contributed by atoms with Gasteiger partial charge in [0.05, 0.1) is 12.0 Å². The van der Waals surface area contributed by atoms with E-state index in [1.165, 1.54) is 0 Å². The first-order chi connectivity index (χ1) is 7.75.